The molecule has 1 aromatic carbocycles. The van der Waals surface area contributed by atoms with Crippen LogP contribution in [0.15, 0.2) is 36.7 Å². The average molecular weight is 308 g/mol. The first-order chi connectivity index (χ1) is 11.2. The molecule has 23 heavy (non-hydrogen) atoms. The van der Waals surface area contributed by atoms with Crippen molar-refractivity contribution < 1.29 is 0 Å². The number of likely N-dealkylation sites (tertiary alicyclic amines) is 1. The van der Waals surface area contributed by atoms with Crippen molar-refractivity contribution in [3.63, 3.8) is 0 Å². The second kappa shape index (κ2) is 5.62. The van der Waals surface area contributed by atoms with Crippen molar-refractivity contribution >= 4 is 11.6 Å². The zero-order valence-electron chi connectivity index (χ0n) is 13.2. The molecule has 1 aliphatic rings. The maximum absolute atomic E-state index is 6.00. The summed E-state index contributed by atoms with van der Waals surface area (Å²) < 4.78 is 1.68. The number of nitrogens with two attached hydrogens (primary N) is 1. The highest BCUT2D eigenvalue weighted by molar-refractivity contribution is 5.66. The van der Waals surface area contributed by atoms with Crippen LogP contribution in [0.2, 0.25) is 0 Å². The van der Waals surface area contributed by atoms with Crippen LogP contribution in [0.4, 0.5) is 5.95 Å². The van der Waals surface area contributed by atoms with Gasteiger partial charge in [-0.2, -0.15) is 0 Å². The maximum atomic E-state index is 6.00. The van der Waals surface area contributed by atoms with E-state index in [4.69, 9.17) is 5.73 Å². The quantitative estimate of drug-likeness (QED) is 0.805. The first kappa shape index (κ1) is 14.1. The second-order valence-corrected chi connectivity index (χ2v) is 6.10. The molecule has 0 unspecified atom stereocenters. The lowest BCUT2D eigenvalue weighted by Crippen LogP contribution is -2.23. The molecule has 6 nitrogen and oxygen atoms in total. The lowest BCUT2D eigenvalue weighted by atomic mass is 10.0. The van der Waals surface area contributed by atoms with Crippen molar-refractivity contribution in [3.8, 4) is 11.3 Å². The third-order valence-electron chi connectivity index (χ3n) is 4.67. The van der Waals surface area contributed by atoms with E-state index in [0.717, 1.165) is 11.3 Å². The zero-order chi connectivity index (χ0) is 15.8. The van der Waals surface area contributed by atoms with Gasteiger partial charge in [0.15, 0.2) is 5.65 Å². The predicted octanol–water partition coefficient (Wildman–Crippen LogP) is 2.53. The molecule has 1 atom stereocenters. The van der Waals surface area contributed by atoms with E-state index in [1.165, 1.54) is 31.5 Å². The average Bonchev–Trinajstić information content (AvgIpc) is 3.25. The van der Waals surface area contributed by atoms with Gasteiger partial charge >= 0.3 is 0 Å². The Hall–Kier alpha value is -2.47. The molecule has 1 saturated heterocycles. The van der Waals surface area contributed by atoms with E-state index in [9.17, 15) is 0 Å². The Balaban J connectivity index is 1.71. The van der Waals surface area contributed by atoms with Crippen LogP contribution in [0.3, 0.4) is 0 Å². The highest BCUT2D eigenvalue weighted by Crippen LogP contribution is 2.28. The van der Waals surface area contributed by atoms with Crippen LogP contribution in [0, 0.1) is 0 Å². The minimum atomic E-state index is 0.403. The minimum absolute atomic E-state index is 0.403. The number of aromatic nitrogens is 4. The number of hydrogen-bond donors (Lipinski definition) is 1. The molecule has 0 radical (unpaired) electrons. The van der Waals surface area contributed by atoms with Crippen LogP contribution >= 0.6 is 0 Å². The highest BCUT2D eigenvalue weighted by Gasteiger charge is 2.19. The lowest BCUT2D eigenvalue weighted by Gasteiger charge is -2.24. The zero-order valence-corrected chi connectivity index (χ0v) is 13.2. The third kappa shape index (κ3) is 2.55. The Morgan fingerprint density at radius 3 is 2.83 bits per heavy atom. The van der Waals surface area contributed by atoms with Crippen molar-refractivity contribution in [3.05, 3.63) is 42.2 Å². The highest BCUT2D eigenvalue weighted by atomic mass is 15.3. The molecule has 2 N–H and O–H groups in total. The van der Waals surface area contributed by atoms with Gasteiger partial charge in [-0.1, -0.05) is 18.2 Å². The summed E-state index contributed by atoms with van der Waals surface area (Å²) in [5.41, 5.74) is 9.92. The summed E-state index contributed by atoms with van der Waals surface area (Å²) in [7, 11) is 0. The maximum Gasteiger partial charge on any atom is 0.207 e. The predicted molar refractivity (Wildman–Crippen MR) is 89.9 cm³/mol. The van der Waals surface area contributed by atoms with Crippen molar-refractivity contribution in [1.82, 2.24) is 24.5 Å². The summed E-state index contributed by atoms with van der Waals surface area (Å²) in [4.78, 5) is 7.02. The number of benzene rings is 1. The molecule has 0 spiro atoms. The van der Waals surface area contributed by atoms with Crippen molar-refractivity contribution in [2.45, 2.75) is 25.8 Å². The van der Waals surface area contributed by atoms with E-state index in [0.29, 0.717) is 17.6 Å². The summed E-state index contributed by atoms with van der Waals surface area (Å²) in [5.74, 6) is 0.403. The molecule has 0 amide bonds. The van der Waals surface area contributed by atoms with Gasteiger partial charge < -0.3 is 5.73 Å². The topological polar surface area (TPSA) is 72.3 Å². The van der Waals surface area contributed by atoms with Crippen LogP contribution in [-0.4, -0.2) is 37.6 Å². The Labute approximate surface area is 135 Å². The molecule has 0 saturated carbocycles. The van der Waals surface area contributed by atoms with Gasteiger partial charge in [0, 0.05) is 17.7 Å². The molecule has 6 heteroatoms. The fourth-order valence-electron chi connectivity index (χ4n) is 3.30. The Kier molecular flexibility index (Phi) is 3.46. The number of nitrogens with zero attached hydrogens (tertiary/aromatic N) is 5. The number of anilines is 1. The molecular weight excluding hydrogens is 288 g/mol. The fraction of sp³-hybridized carbons (Fsp3) is 0.353. The van der Waals surface area contributed by atoms with Crippen molar-refractivity contribution in [2.75, 3.05) is 18.8 Å². The van der Waals surface area contributed by atoms with Gasteiger partial charge in [0.05, 0.1) is 5.69 Å². The minimum Gasteiger partial charge on any atom is -0.369 e. The largest absolute Gasteiger partial charge is 0.369 e. The van der Waals surface area contributed by atoms with Crippen molar-refractivity contribution in [2.24, 2.45) is 0 Å². The number of nitrogen functional groups attached to an aromatic ring is 1. The second-order valence-electron chi connectivity index (χ2n) is 6.10. The van der Waals surface area contributed by atoms with Gasteiger partial charge in [-0.3, -0.25) is 9.30 Å². The molecule has 118 valence electrons. The molecule has 0 bridgehead atoms. The van der Waals surface area contributed by atoms with Gasteiger partial charge in [0.1, 0.15) is 6.33 Å². The van der Waals surface area contributed by atoms with Gasteiger partial charge in [0.2, 0.25) is 5.95 Å². The molecule has 3 aromatic rings. The van der Waals surface area contributed by atoms with Crippen molar-refractivity contribution in [1.29, 1.82) is 0 Å². The normalized spacial score (nSPS) is 16.9. The Bertz CT molecular complexity index is 834. The van der Waals surface area contributed by atoms with Gasteiger partial charge in [0.25, 0.3) is 0 Å². The van der Waals surface area contributed by atoms with E-state index in [-0.39, 0.29) is 0 Å². The number of hydrogen-bond acceptors (Lipinski definition) is 5. The standard InChI is InChI=1S/C17H20N6/c1-12(22-7-2-3-8-22)13-5-4-6-14(9-13)15-10-16-21-19-11-23(16)17(18)20-15/h4-6,9-12H,2-3,7-8H2,1H3,(H2,18,20)/t12-/m1/s1. The van der Waals surface area contributed by atoms with E-state index in [1.807, 2.05) is 6.07 Å². The molecule has 2 aromatic heterocycles. The SMILES string of the molecule is C[C@H](c1cccc(-c2cc3nncn3c(N)n2)c1)N1CCCC1. The van der Waals surface area contributed by atoms with Crippen LogP contribution in [0.5, 0.6) is 0 Å². The first-order valence-corrected chi connectivity index (χ1v) is 8.03. The first-order valence-electron chi connectivity index (χ1n) is 8.03. The van der Waals surface area contributed by atoms with Crippen LogP contribution in [0.1, 0.15) is 31.4 Å². The van der Waals surface area contributed by atoms with Gasteiger partial charge in [-0.25, -0.2) is 4.98 Å². The summed E-state index contributed by atoms with van der Waals surface area (Å²) >= 11 is 0. The fourth-order valence-corrected chi connectivity index (χ4v) is 3.30. The van der Waals surface area contributed by atoms with E-state index in [2.05, 4.69) is 51.3 Å². The summed E-state index contributed by atoms with van der Waals surface area (Å²) in [6, 6.07) is 10.9. The number of rotatable bonds is 3. The van der Waals surface area contributed by atoms with Crippen LogP contribution < -0.4 is 5.73 Å². The monoisotopic (exact) mass is 308 g/mol. The smallest absolute Gasteiger partial charge is 0.207 e. The molecule has 4 rings (SSSR count). The molecule has 1 fully saturated rings. The summed E-state index contributed by atoms with van der Waals surface area (Å²) in [6.45, 7) is 4.64. The Morgan fingerprint density at radius 2 is 2.00 bits per heavy atom. The third-order valence-corrected chi connectivity index (χ3v) is 4.67. The van der Waals surface area contributed by atoms with E-state index >= 15 is 0 Å². The summed E-state index contributed by atoms with van der Waals surface area (Å²) in [5, 5.41) is 7.95. The van der Waals surface area contributed by atoms with Crippen LogP contribution in [-0.2, 0) is 0 Å². The van der Waals surface area contributed by atoms with Gasteiger partial charge in [-0.05, 0) is 44.5 Å². The number of fused-ring (bicyclic) bond motifs is 1. The van der Waals surface area contributed by atoms with Crippen LogP contribution in [0.25, 0.3) is 16.9 Å². The van der Waals surface area contributed by atoms with E-state index in [1.54, 1.807) is 10.7 Å². The summed E-state index contributed by atoms with van der Waals surface area (Å²) in [6.07, 6.45) is 4.17. The Morgan fingerprint density at radius 1 is 1.17 bits per heavy atom. The molecule has 0 aliphatic carbocycles. The molecular formula is C17H20N6. The molecule has 3 heterocycles. The lowest BCUT2D eigenvalue weighted by molar-refractivity contribution is 0.263. The van der Waals surface area contributed by atoms with E-state index < -0.39 is 0 Å². The molecule has 1 aliphatic heterocycles. The van der Waals surface area contributed by atoms with Gasteiger partial charge in [-0.15, -0.1) is 10.2 Å².